The van der Waals surface area contributed by atoms with Crippen LogP contribution in [0.5, 0.6) is 11.8 Å². The Morgan fingerprint density at radius 1 is 0.727 bits per heavy atom. The minimum Gasteiger partial charge on any atom is -0.475 e. The number of rotatable bonds is 8. The van der Waals surface area contributed by atoms with E-state index in [0.717, 1.165) is 0 Å². The fraction of sp³-hybridized carbons (Fsp3) is 0.706. The van der Waals surface area contributed by atoms with Gasteiger partial charge in [-0.25, -0.2) is 0 Å². The molecule has 0 aliphatic rings. The molecule has 0 aliphatic carbocycles. The van der Waals surface area contributed by atoms with E-state index in [1.165, 1.54) is 0 Å². The standard InChI is InChI=1S/C17H29NO4/c1-16(2,3)21-12-10-19-14-8-7-9-15(18-14)20-11-13-22-17(4,5)6/h7-9H,10-13H2,1-6H3. The second-order valence-corrected chi connectivity index (χ2v) is 6.93. The van der Waals surface area contributed by atoms with Crippen molar-refractivity contribution in [3.8, 4) is 11.8 Å². The monoisotopic (exact) mass is 311 g/mol. The topological polar surface area (TPSA) is 49.8 Å². The van der Waals surface area contributed by atoms with Crippen molar-refractivity contribution in [3.63, 3.8) is 0 Å². The molecule has 1 heterocycles. The van der Waals surface area contributed by atoms with Crippen LogP contribution in [-0.2, 0) is 9.47 Å². The molecule has 0 N–H and O–H groups in total. The first-order valence-corrected chi connectivity index (χ1v) is 7.66. The maximum atomic E-state index is 5.59. The fourth-order valence-corrected chi connectivity index (χ4v) is 1.54. The summed E-state index contributed by atoms with van der Waals surface area (Å²) in [5.74, 6) is 1.07. The number of ether oxygens (including phenoxy) is 4. The van der Waals surface area contributed by atoms with Crippen LogP contribution in [0.25, 0.3) is 0 Å². The summed E-state index contributed by atoms with van der Waals surface area (Å²) in [7, 11) is 0. The van der Waals surface area contributed by atoms with Gasteiger partial charge >= 0.3 is 0 Å². The fourth-order valence-electron chi connectivity index (χ4n) is 1.54. The van der Waals surface area contributed by atoms with Crippen LogP contribution < -0.4 is 9.47 Å². The summed E-state index contributed by atoms with van der Waals surface area (Å²) in [5.41, 5.74) is -0.316. The van der Waals surface area contributed by atoms with Crippen molar-refractivity contribution in [1.29, 1.82) is 0 Å². The first-order chi connectivity index (χ1) is 10.2. The molecular weight excluding hydrogens is 282 g/mol. The highest BCUT2D eigenvalue weighted by Gasteiger charge is 2.10. The number of hydrogen-bond donors (Lipinski definition) is 0. The van der Waals surface area contributed by atoms with Gasteiger partial charge in [-0.3, -0.25) is 0 Å². The van der Waals surface area contributed by atoms with E-state index >= 15 is 0 Å². The predicted molar refractivity (Wildman–Crippen MR) is 86.6 cm³/mol. The van der Waals surface area contributed by atoms with Crippen molar-refractivity contribution in [2.45, 2.75) is 52.7 Å². The highest BCUT2D eigenvalue weighted by molar-refractivity contribution is 5.19. The average Bonchev–Trinajstić information content (AvgIpc) is 2.38. The maximum absolute atomic E-state index is 5.59. The van der Waals surface area contributed by atoms with Crippen LogP contribution in [-0.4, -0.2) is 42.6 Å². The van der Waals surface area contributed by atoms with E-state index in [1.807, 2.05) is 47.6 Å². The molecule has 5 heteroatoms. The SMILES string of the molecule is CC(C)(C)OCCOc1cccc(OCCOC(C)(C)C)n1. The predicted octanol–water partition coefficient (Wildman–Crippen LogP) is 3.47. The third kappa shape index (κ3) is 9.58. The van der Waals surface area contributed by atoms with Gasteiger partial charge in [0.15, 0.2) is 0 Å². The molecule has 0 atom stereocenters. The number of pyridine rings is 1. The van der Waals surface area contributed by atoms with E-state index in [9.17, 15) is 0 Å². The average molecular weight is 311 g/mol. The zero-order valence-corrected chi connectivity index (χ0v) is 14.6. The van der Waals surface area contributed by atoms with Crippen LogP contribution in [0.15, 0.2) is 18.2 Å². The van der Waals surface area contributed by atoms with Crippen molar-refractivity contribution < 1.29 is 18.9 Å². The highest BCUT2D eigenvalue weighted by atomic mass is 16.5. The lowest BCUT2D eigenvalue weighted by atomic mass is 10.2. The molecule has 1 aromatic heterocycles. The Morgan fingerprint density at radius 3 is 1.50 bits per heavy atom. The van der Waals surface area contributed by atoms with Gasteiger partial charge < -0.3 is 18.9 Å². The summed E-state index contributed by atoms with van der Waals surface area (Å²) in [6, 6.07) is 5.46. The van der Waals surface area contributed by atoms with Crippen LogP contribution in [0.1, 0.15) is 41.5 Å². The van der Waals surface area contributed by atoms with Crippen LogP contribution in [0, 0.1) is 0 Å². The molecular formula is C17H29NO4. The van der Waals surface area contributed by atoms with E-state index < -0.39 is 0 Å². The van der Waals surface area contributed by atoms with Crippen molar-refractivity contribution in [1.82, 2.24) is 4.98 Å². The second kappa shape index (κ2) is 8.34. The molecule has 0 saturated carbocycles. The zero-order chi connectivity index (χ0) is 16.6. The molecule has 126 valence electrons. The summed E-state index contributed by atoms with van der Waals surface area (Å²) in [6.45, 7) is 14.0. The number of nitrogens with zero attached hydrogens (tertiary/aromatic N) is 1. The lowest BCUT2D eigenvalue weighted by Crippen LogP contribution is -2.23. The Labute approximate surface area is 133 Å². The van der Waals surface area contributed by atoms with Gasteiger partial charge in [-0.15, -0.1) is 0 Å². The first kappa shape index (κ1) is 18.7. The largest absolute Gasteiger partial charge is 0.475 e. The van der Waals surface area contributed by atoms with Gasteiger partial charge in [0, 0.05) is 12.1 Å². The molecule has 1 rings (SSSR count). The van der Waals surface area contributed by atoms with Crippen molar-refractivity contribution >= 4 is 0 Å². The summed E-state index contributed by atoms with van der Waals surface area (Å²) >= 11 is 0. The molecule has 0 bridgehead atoms. The molecule has 0 amide bonds. The highest BCUT2D eigenvalue weighted by Crippen LogP contribution is 2.14. The smallest absolute Gasteiger partial charge is 0.216 e. The second-order valence-electron chi connectivity index (χ2n) is 6.93. The molecule has 0 saturated heterocycles. The lowest BCUT2D eigenvalue weighted by Gasteiger charge is -2.19. The first-order valence-electron chi connectivity index (χ1n) is 7.66. The Kier molecular flexibility index (Phi) is 7.10. The molecule has 5 nitrogen and oxygen atoms in total. The van der Waals surface area contributed by atoms with E-state index in [1.54, 1.807) is 12.1 Å². The van der Waals surface area contributed by atoms with Gasteiger partial charge in [0.25, 0.3) is 0 Å². The van der Waals surface area contributed by atoms with Crippen molar-refractivity contribution in [2.75, 3.05) is 26.4 Å². The van der Waals surface area contributed by atoms with Crippen molar-refractivity contribution in [2.24, 2.45) is 0 Å². The number of aromatic nitrogens is 1. The summed E-state index contributed by atoms with van der Waals surface area (Å²) < 4.78 is 22.3. The van der Waals surface area contributed by atoms with E-state index in [4.69, 9.17) is 18.9 Å². The van der Waals surface area contributed by atoms with Gasteiger partial charge in [0.05, 0.1) is 24.4 Å². The minimum atomic E-state index is -0.158. The Bertz CT molecular complexity index is 398. The zero-order valence-electron chi connectivity index (χ0n) is 14.6. The van der Waals surface area contributed by atoms with Gasteiger partial charge in [0.1, 0.15) is 13.2 Å². The van der Waals surface area contributed by atoms with Gasteiger partial charge in [-0.2, -0.15) is 4.98 Å². The molecule has 0 radical (unpaired) electrons. The lowest BCUT2D eigenvalue weighted by molar-refractivity contribution is -0.0179. The number of hydrogen-bond acceptors (Lipinski definition) is 5. The summed E-state index contributed by atoms with van der Waals surface area (Å²) in [6.07, 6.45) is 0. The third-order valence-electron chi connectivity index (χ3n) is 2.43. The maximum Gasteiger partial charge on any atom is 0.216 e. The molecule has 0 aromatic carbocycles. The minimum absolute atomic E-state index is 0.158. The quantitative estimate of drug-likeness (QED) is 0.688. The van der Waals surface area contributed by atoms with E-state index in [0.29, 0.717) is 38.2 Å². The Balaban J connectivity index is 2.30. The molecule has 0 aliphatic heterocycles. The normalized spacial score (nSPS) is 12.3. The molecule has 0 spiro atoms. The van der Waals surface area contributed by atoms with E-state index in [-0.39, 0.29) is 11.2 Å². The molecule has 22 heavy (non-hydrogen) atoms. The van der Waals surface area contributed by atoms with Crippen LogP contribution in [0.2, 0.25) is 0 Å². The van der Waals surface area contributed by atoms with E-state index in [2.05, 4.69) is 4.98 Å². The van der Waals surface area contributed by atoms with Crippen LogP contribution in [0.4, 0.5) is 0 Å². The molecule has 1 aromatic rings. The molecule has 0 unspecified atom stereocenters. The van der Waals surface area contributed by atoms with Crippen LogP contribution >= 0.6 is 0 Å². The summed E-state index contributed by atoms with van der Waals surface area (Å²) in [5, 5.41) is 0. The summed E-state index contributed by atoms with van der Waals surface area (Å²) in [4.78, 5) is 4.29. The van der Waals surface area contributed by atoms with Crippen LogP contribution in [0.3, 0.4) is 0 Å². The Morgan fingerprint density at radius 2 is 1.14 bits per heavy atom. The Hall–Kier alpha value is -1.33. The van der Waals surface area contributed by atoms with Gasteiger partial charge in [-0.05, 0) is 41.5 Å². The third-order valence-corrected chi connectivity index (χ3v) is 2.43. The van der Waals surface area contributed by atoms with Gasteiger partial charge in [0.2, 0.25) is 11.8 Å². The van der Waals surface area contributed by atoms with Gasteiger partial charge in [-0.1, -0.05) is 6.07 Å². The molecule has 0 fully saturated rings. The van der Waals surface area contributed by atoms with Crippen molar-refractivity contribution in [3.05, 3.63) is 18.2 Å².